The zero-order chi connectivity index (χ0) is 9.47. The van der Waals surface area contributed by atoms with E-state index >= 15 is 0 Å². The second kappa shape index (κ2) is 3.59. The van der Waals surface area contributed by atoms with Crippen molar-refractivity contribution in [1.82, 2.24) is 4.67 Å². The summed E-state index contributed by atoms with van der Waals surface area (Å²) < 4.78 is 13.5. The van der Waals surface area contributed by atoms with Crippen LogP contribution in [0.2, 0.25) is 0 Å². The fourth-order valence-electron chi connectivity index (χ4n) is 1.93. The molecule has 13 heavy (non-hydrogen) atoms. The van der Waals surface area contributed by atoms with Crippen molar-refractivity contribution in [3.63, 3.8) is 0 Å². The van der Waals surface area contributed by atoms with Crippen molar-refractivity contribution < 1.29 is 9.05 Å². The molecule has 0 unspecified atom stereocenters. The van der Waals surface area contributed by atoms with Crippen LogP contribution in [0.1, 0.15) is 19.3 Å². The third-order valence-electron chi connectivity index (χ3n) is 2.80. The van der Waals surface area contributed by atoms with Crippen molar-refractivity contribution in [2.75, 3.05) is 20.7 Å². The summed E-state index contributed by atoms with van der Waals surface area (Å²) in [6, 6.07) is 0. The van der Waals surface area contributed by atoms with E-state index in [0.29, 0.717) is 12.0 Å². The highest BCUT2D eigenvalue weighted by Gasteiger charge is 2.40. The lowest BCUT2D eigenvalue weighted by Crippen LogP contribution is -2.30. The fourth-order valence-corrected chi connectivity index (χ4v) is 3.93. The van der Waals surface area contributed by atoms with Gasteiger partial charge in [0.1, 0.15) is 0 Å². The van der Waals surface area contributed by atoms with Gasteiger partial charge in [-0.25, -0.2) is 4.67 Å². The lowest BCUT2D eigenvalue weighted by Gasteiger charge is -2.37. The smallest absolute Gasteiger partial charge is 0.263 e. The highest BCUT2D eigenvalue weighted by atomic mass is 32.5. The Labute approximate surface area is 84.6 Å². The molecule has 2 aliphatic rings. The number of hydrogen-bond donors (Lipinski definition) is 0. The van der Waals surface area contributed by atoms with Crippen LogP contribution in [0.5, 0.6) is 0 Å². The van der Waals surface area contributed by atoms with Crippen LogP contribution in [0.4, 0.5) is 0 Å². The van der Waals surface area contributed by atoms with Crippen molar-refractivity contribution in [2.24, 2.45) is 5.92 Å². The molecule has 0 radical (unpaired) electrons. The minimum Gasteiger partial charge on any atom is -0.317 e. The zero-order valence-corrected chi connectivity index (χ0v) is 9.81. The summed E-state index contributed by atoms with van der Waals surface area (Å²) in [5.41, 5.74) is 0. The fraction of sp³-hybridized carbons (Fsp3) is 1.00. The van der Waals surface area contributed by atoms with Gasteiger partial charge in [-0.3, -0.25) is 0 Å². The van der Waals surface area contributed by atoms with E-state index in [1.54, 1.807) is 0 Å². The first-order chi connectivity index (χ1) is 6.12. The minimum atomic E-state index is -2.09. The summed E-state index contributed by atoms with van der Waals surface area (Å²) in [5, 5.41) is 0. The first-order valence-electron chi connectivity index (χ1n) is 4.72. The molecule has 3 atom stereocenters. The molecule has 1 heterocycles. The van der Waals surface area contributed by atoms with E-state index < -0.39 is 6.64 Å². The van der Waals surface area contributed by atoms with Gasteiger partial charge in [0.25, 0.3) is 6.64 Å². The summed E-state index contributed by atoms with van der Waals surface area (Å²) in [6.07, 6.45) is 4.05. The van der Waals surface area contributed by atoms with E-state index in [4.69, 9.17) is 20.9 Å². The lowest BCUT2D eigenvalue weighted by atomic mass is 10.1. The first kappa shape index (κ1) is 10.1. The Morgan fingerprint density at radius 2 is 2.15 bits per heavy atom. The highest BCUT2D eigenvalue weighted by molar-refractivity contribution is 8.08. The molecule has 2 fully saturated rings. The van der Waals surface area contributed by atoms with Crippen molar-refractivity contribution in [3.8, 4) is 0 Å². The SMILES string of the molecule is CN(C)[P@@]1(=S)OC[C@H]2CCC[C@@H]2O1. The van der Waals surface area contributed by atoms with Gasteiger partial charge < -0.3 is 9.05 Å². The normalized spacial score (nSPS) is 45.2. The van der Waals surface area contributed by atoms with E-state index in [-0.39, 0.29) is 0 Å². The molecule has 0 amide bonds. The van der Waals surface area contributed by atoms with E-state index in [1.807, 2.05) is 18.8 Å². The first-order valence-corrected chi connectivity index (χ1v) is 7.32. The predicted molar refractivity (Wildman–Crippen MR) is 56.1 cm³/mol. The number of fused-ring (bicyclic) bond motifs is 1. The Morgan fingerprint density at radius 1 is 1.38 bits per heavy atom. The molecule has 5 heteroatoms. The van der Waals surface area contributed by atoms with Crippen LogP contribution in [-0.4, -0.2) is 31.5 Å². The molecule has 0 N–H and O–H groups in total. The molecule has 3 nitrogen and oxygen atoms in total. The minimum absolute atomic E-state index is 0.377. The lowest BCUT2D eigenvalue weighted by molar-refractivity contribution is 0.0516. The van der Waals surface area contributed by atoms with Crippen LogP contribution in [0.25, 0.3) is 0 Å². The number of hydrogen-bond acceptors (Lipinski definition) is 3. The second-order valence-corrected chi connectivity index (χ2v) is 7.54. The average Bonchev–Trinajstić information content (AvgIpc) is 2.50. The summed E-state index contributed by atoms with van der Waals surface area (Å²) in [6.45, 7) is -1.28. The maximum atomic E-state index is 5.89. The molecule has 0 aromatic heterocycles. The van der Waals surface area contributed by atoms with Gasteiger partial charge in [0.15, 0.2) is 0 Å². The van der Waals surface area contributed by atoms with Crippen molar-refractivity contribution in [2.45, 2.75) is 25.4 Å². The van der Waals surface area contributed by atoms with Gasteiger partial charge in [-0.05, 0) is 38.7 Å². The molecule has 0 bridgehead atoms. The monoisotopic (exact) mass is 221 g/mol. The third kappa shape index (κ3) is 1.83. The van der Waals surface area contributed by atoms with Crippen LogP contribution in [0.15, 0.2) is 0 Å². The molecule has 1 saturated heterocycles. The molecule has 1 aliphatic heterocycles. The highest BCUT2D eigenvalue weighted by Crippen LogP contribution is 2.57. The Morgan fingerprint density at radius 3 is 2.85 bits per heavy atom. The molecule has 1 aliphatic carbocycles. The Kier molecular flexibility index (Phi) is 2.78. The van der Waals surface area contributed by atoms with Crippen LogP contribution < -0.4 is 0 Å². The molecular weight excluding hydrogens is 205 g/mol. The van der Waals surface area contributed by atoms with Crippen LogP contribution in [0, 0.1) is 5.92 Å². The van der Waals surface area contributed by atoms with Gasteiger partial charge in [0, 0.05) is 5.92 Å². The van der Waals surface area contributed by atoms with Crippen molar-refractivity contribution in [1.29, 1.82) is 0 Å². The summed E-state index contributed by atoms with van der Waals surface area (Å²) in [5.74, 6) is 0.607. The summed E-state index contributed by atoms with van der Waals surface area (Å²) >= 11 is 5.39. The van der Waals surface area contributed by atoms with E-state index in [2.05, 4.69) is 0 Å². The van der Waals surface area contributed by atoms with Gasteiger partial charge in [0.2, 0.25) is 0 Å². The quantitative estimate of drug-likeness (QED) is 0.631. The Bertz CT molecular complexity index is 246. The van der Waals surface area contributed by atoms with Crippen molar-refractivity contribution in [3.05, 3.63) is 0 Å². The van der Waals surface area contributed by atoms with Gasteiger partial charge in [-0.15, -0.1) is 0 Å². The molecular formula is C8H16NO2PS. The van der Waals surface area contributed by atoms with Gasteiger partial charge in [0.05, 0.1) is 12.7 Å². The molecule has 2 rings (SSSR count). The number of rotatable bonds is 1. The van der Waals surface area contributed by atoms with Gasteiger partial charge in [-0.2, -0.15) is 0 Å². The Balaban J connectivity index is 2.08. The van der Waals surface area contributed by atoms with Gasteiger partial charge >= 0.3 is 0 Å². The number of nitrogens with zero attached hydrogens (tertiary/aromatic N) is 1. The summed E-state index contributed by atoms with van der Waals surface area (Å²) in [4.78, 5) is 0. The molecule has 0 aromatic rings. The Hall–Kier alpha value is 0.530. The maximum absolute atomic E-state index is 5.89. The molecule has 76 valence electrons. The van der Waals surface area contributed by atoms with E-state index in [1.165, 1.54) is 19.3 Å². The van der Waals surface area contributed by atoms with Crippen LogP contribution in [0.3, 0.4) is 0 Å². The van der Waals surface area contributed by atoms with Crippen LogP contribution in [-0.2, 0) is 20.9 Å². The standard InChI is InChI=1S/C8H16NO2PS/c1-9(2)12(13)10-6-7-4-3-5-8(7)11-12/h7-8H,3-6H2,1-2H3/t7-,8+,12-/m1/s1. The van der Waals surface area contributed by atoms with Crippen LogP contribution >= 0.6 is 6.64 Å². The van der Waals surface area contributed by atoms with Gasteiger partial charge in [-0.1, -0.05) is 6.42 Å². The molecule has 0 aromatic carbocycles. The van der Waals surface area contributed by atoms with E-state index in [0.717, 1.165) is 6.61 Å². The third-order valence-corrected chi connectivity index (χ3v) is 6.35. The average molecular weight is 221 g/mol. The maximum Gasteiger partial charge on any atom is 0.263 e. The zero-order valence-electron chi connectivity index (χ0n) is 8.10. The van der Waals surface area contributed by atoms with Crippen molar-refractivity contribution >= 4 is 18.4 Å². The van der Waals surface area contributed by atoms with E-state index in [9.17, 15) is 0 Å². The molecule has 1 saturated carbocycles. The summed E-state index contributed by atoms with van der Waals surface area (Å²) in [7, 11) is 3.88. The predicted octanol–water partition coefficient (Wildman–Crippen LogP) is 1.99. The topological polar surface area (TPSA) is 21.7 Å². The second-order valence-electron chi connectivity index (χ2n) is 3.95. The largest absolute Gasteiger partial charge is 0.317 e. The molecule has 0 spiro atoms.